The van der Waals surface area contributed by atoms with E-state index in [9.17, 15) is 4.79 Å². The van der Waals surface area contributed by atoms with E-state index in [0.29, 0.717) is 11.8 Å². The molecule has 0 saturated heterocycles. The molecular weight excluding hydrogens is 200 g/mol. The number of hydrogen-bond acceptors (Lipinski definition) is 2. The van der Waals surface area contributed by atoms with Crippen LogP contribution in [0, 0.1) is 23.7 Å². The van der Waals surface area contributed by atoms with Crippen LogP contribution >= 0.6 is 0 Å². The number of carbonyl (C=O) groups is 1. The lowest BCUT2D eigenvalue weighted by Gasteiger charge is -2.25. The first-order chi connectivity index (χ1) is 7.61. The van der Waals surface area contributed by atoms with Crippen LogP contribution in [0.4, 0.5) is 0 Å². The number of allylic oxidation sites excluding steroid dienone is 4. The predicted octanol–water partition coefficient (Wildman–Crippen LogP) is 3.20. The summed E-state index contributed by atoms with van der Waals surface area (Å²) in [6.45, 7) is 6.26. The molecule has 0 saturated carbocycles. The van der Waals surface area contributed by atoms with E-state index in [1.165, 1.54) is 7.11 Å². The van der Waals surface area contributed by atoms with Crippen LogP contribution in [0.5, 0.6) is 0 Å². The van der Waals surface area contributed by atoms with E-state index < -0.39 is 0 Å². The minimum atomic E-state index is -0.113. The van der Waals surface area contributed by atoms with Gasteiger partial charge in [-0.2, -0.15) is 0 Å². The van der Waals surface area contributed by atoms with Crippen LogP contribution in [0.15, 0.2) is 24.3 Å². The Morgan fingerprint density at radius 1 is 1.44 bits per heavy atom. The van der Waals surface area contributed by atoms with E-state index in [1.807, 2.05) is 6.92 Å². The number of ether oxygens (including phenoxy) is 1. The fraction of sp³-hybridized carbons (Fsp3) is 0.643. The van der Waals surface area contributed by atoms with Crippen LogP contribution in [0.1, 0.15) is 27.2 Å². The highest BCUT2D eigenvalue weighted by Crippen LogP contribution is 2.36. The summed E-state index contributed by atoms with van der Waals surface area (Å²) in [6.07, 6.45) is 9.72. The molecule has 0 radical (unpaired) electrons. The number of rotatable bonds is 6. The summed E-state index contributed by atoms with van der Waals surface area (Å²) in [5.41, 5.74) is 0. The Kier molecular flexibility index (Phi) is 4.78. The van der Waals surface area contributed by atoms with Gasteiger partial charge in [0.25, 0.3) is 0 Å². The summed E-state index contributed by atoms with van der Waals surface area (Å²) >= 11 is 0. The average Bonchev–Trinajstić information content (AvgIpc) is 3.11. The molecule has 1 aliphatic rings. The lowest BCUT2D eigenvalue weighted by Crippen LogP contribution is -2.27. The maximum atomic E-state index is 11.6. The van der Waals surface area contributed by atoms with Crippen molar-refractivity contribution in [1.82, 2.24) is 0 Å². The smallest absolute Gasteiger partial charge is 0.308 e. The molecule has 0 aromatic rings. The summed E-state index contributed by atoms with van der Waals surface area (Å²) in [4.78, 5) is 11.6. The van der Waals surface area contributed by atoms with E-state index in [4.69, 9.17) is 4.74 Å². The van der Waals surface area contributed by atoms with Crippen molar-refractivity contribution in [3.05, 3.63) is 24.3 Å². The van der Waals surface area contributed by atoms with Gasteiger partial charge in [-0.3, -0.25) is 4.79 Å². The van der Waals surface area contributed by atoms with E-state index in [0.717, 1.165) is 6.42 Å². The van der Waals surface area contributed by atoms with Gasteiger partial charge in [-0.25, -0.2) is 0 Å². The van der Waals surface area contributed by atoms with Crippen LogP contribution in [-0.2, 0) is 9.53 Å². The third kappa shape index (κ3) is 3.22. The second-order valence-electron chi connectivity index (χ2n) is 4.55. The van der Waals surface area contributed by atoms with Crippen molar-refractivity contribution < 1.29 is 9.53 Å². The van der Waals surface area contributed by atoms with Gasteiger partial charge in [-0.05, 0) is 24.2 Å². The SMILES string of the molecule is CC/C=C\C(C(C)C(=O)OC)C(C)C1C=C1. The first kappa shape index (κ1) is 13.0. The first-order valence-corrected chi connectivity index (χ1v) is 6.04. The van der Waals surface area contributed by atoms with Gasteiger partial charge >= 0.3 is 5.97 Å². The molecule has 3 unspecified atom stereocenters. The van der Waals surface area contributed by atoms with Crippen LogP contribution in [0.2, 0.25) is 0 Å². The highest BCUT2D eigenvalue weighted by molar-refractivity contribution is 5.72. The Morgan fingerprint density at radius 2 is 2.06 bits per heavy atom. The molecule has 90 valence electrons. The molecule has 0 aromatic heterocycles. The molecule has 1 aliphatic carbocycles. The third-order valence-corrected chi connectivity index (χ3v) is 3.37. The summed E-state index contributed by atoms with van der Waals surface area (Å²) in [7, 11) is 1.46. The summed E-state index contributed by atoms with van der Waals surface area (Å²) in [5, 5.41) is 0. The van der Waals surface area contributed by atoms with Gasteiger partial charge in [0.2, 0.25) is 0 Å². The largest absolute Gasteiger partial charge is 0.469 e. The zero-order valence-corrected chi connectivity index (χ0v) is 10.6. The third-order valence-electron chi connectivity index (χ3n) is 3.37. The van der Waals surface area contributed by atoms with E-state index in [2.05, 4.69) is 38.2 Å². The van der Waals surface area contributed by atoms with Gasteiger partial charge in [-0.15, -0.1) is 0 Å². The van der Waals surface area contributed by atoms with E-state index in [-0.39, 0.29) is 17.8 Å². The molecule has 0 aliphatic heterocycles. The van der Waals surface area contributed by atoms with Crippen LogP contribution < -0.4 is 0 Å². The molecular formula is C14H22O2. The number of hydrogen-bond donors (Lipinski definition) is 0. The Morgan fingerprint density at radius 3 is 2.50 bits per heavy atom. The molecule has 0 N–H and O–H groups in total. The standard InChI is InChI=1S/C14H22O2/c1-5-6-7-13(10(2)12-8-9-12)11(3)14(15)16-4/h6-13H,5H2,1-4H3/b7-6-. The fourth-order valence-electron chi connectivity index (χ4n) is 2.10. The van der Waals surface area contributed by atoms with Gasteiger partial charge in [0, 0.05) is 0 Å². The van der Waals surface area contributed by atoms with Crippen LogP contribution in [-0.4, -0.2) is 13.1 Å². The van der Waals surface area contributed by atoms with Crippen molar-refractivity contribution in [2.24, 2.45) is 23.7 Å². The molecule has 0 fully saturated rings. The Hall–Kier alpha value is -1.05. The first-order valence-electron chi connectivity index (χ1n) is 6.04. The second kappa shape index (κ2) is 5.88. The van der Waals surface area contributed by atoms with Gasteiger partial charge in [0.15, 0.2) is 0 Å². The molecule has 1 rings (SSSR count). The van der Waals surface area contributed by atoms with Crippen molar-refractivity contribution in [1.29, 1.82) is 0 Å². The maximum Gasteiger partial charge on any atom is 0.308 e. The van der Waals surface area contributed by atoms with Crippen molar-refractivity contribution in [2.75, 3.05) is 7.11 Å². The Labute approximate surface area is 98.4 Å². The molecule has 16 heavy (non-hydrogen) atoms. The molecule has 2 heteroatoms. The molecule has 0 amide bonds. The number of esters is 1. The Bertz CT molecular complexity index is 285. The maximum absolute atomic E-state index is 11.6. The molecule has 0 aromatic carbocycles. The molecule has 0 spiro atoms. The van der Waals surface area contributed by atoms with Crippen molar-refractivity contribution in [3.63, 3.8) is 0 Å². The normalized spacial score (nSPS) is 20.8. The highest BCUT2D eigenvalue weighted by Gasteiger charge is 2.32. The van der Waals surface area contributed by atoms with Crippen LogP contribution in [0.3, 0.4) is 0 Å². The van der Waals surface area contributed by atoms with E-state index >= 15 is 0 Å². The van der Waals surface area contributed by atoms with Crippen molar-refractivity contribution in [2.45, 2.75) is 27.2 Å². The quantitative estimate of drug-likeness (QED) is 0.509. The predicted molar refractivity (Wildman–Crippen MR) is 65.9 cm³/mol. The number of carbonyl (C=O) groups excluding carboxylic acids is 1. The van der Waals surface area contributed by atoms with Gasteiger partial charge in [0.05, 0.1) is 13.0 Å². The average molecular weight is 222 g/mol. The monoisotopic (exact) mass is 222 g/mol. The zero-order chi connectivity index (χ0) is 12.1. The molecule has 0 bridgehead atoms. The lowest BCUT2D eigenvalue weighted by atomic mass is 9.80. The zero-order valence-electron chi connectivity index (χ0n) is 10.6. The summed E-state index contributed by atoms with van der Waals surface area (Å²) in [6, 6.07) is 0. The minimum absolute atomic E-state index is 0.0646. The fourth-order valence-corrected chi connectivity index (χ4v) is 2.10. The topological polar surface area (TPSA) is 26.3 Å². The van der Waals surface area contributed by atoms with Crippen molar-refractivity contribution >= 4 is 5.97 Å². The molecule has 0 heterocycles. The lowest BCUT2D eigenvalue weighted by molar-refractivity contribution is -0.146. The summed E-state index contributed by atoms with van der Waals surface area (Å²) in [5.74, 6) is 1.14. The molecule has 2 nitrogen and oxygen atoms in total. The minimum Gasteiger partial charge on any atom is -0.469 e. The van der Waals surface area contributed by atoms with Gasteiger partial charge < -0.3 is 4.74 Å². The van der Waals surface area contributed by atoms with Crippen LogP contribution in [0.25, 0.3) is 0 Å². The second-order valence-corrected chi connectivity index (χ2v) is 4.55. The molecule has 3 atom stereocenters. The van der Waals surface area contributed by atoms with Gasteiger partial charge in [-0.1, -0.05) is 45.1 Å². The highest BCUT2D eigenvalue weighted by atomic mass is 16.5. The van der Waals surface area contributed by atoms with Crippen molar-refractivity contribution in [3.8, 4) is 0 Å². The Balaban J connectivity index is 2.68. The summed E-state index contributed by atoms with van der Waals surface area (Å²) < 4.78 is 4.83. The number of methoxy groups -OCH3 is 1. The van der Waals surface area contributed by atoms with E-state index in [1.54, 1.807) is 0 Å². The van der Waals surface area contributed by atoms with Gasteiger partial charge in [0.1, 0.15) is 0 Å².